The van der Waals surface area contributed by atoms with E-state index in [1.165, 1.54) is 34.9 Å². The summed E-state index contributed by atoms with van der Waals surface area (Å²) in [6.45, 7) is 4.77. The van der Waals surface area contributed by atoms with Crippen LogP contribution in [0.25, 0.3) is 32.9 Å². The Balaban J connectivity index is 1.87. The van der Waals surface area contributed by atoms with E-state index in [1.807, 2.05) is 12.1 Å². The van der Waals surface area contributed by atoms with E-state index in [4.69, 9.17) is 14.5 Å². The number of fused-ring (bicyclic) bond motifs is 5. The van der Waals surface area contributed by atoms with Gasteiger partial charge >= 0.3 is 5.69 Å². The summed E-state index contributed by atoms with van der Waals surface area (Å²) in [6.07, 6.45) is 0.893. The van der Waals surface area contributed by atoms with Crippen LogP contribution in [-0.2, 0) is 13.0 Å². The highest BCUT2D eigenvalue weighted by molar-refractivity contribution is 6.09. The Morgan fingerprint density at radius 2 is 1.85 bits per heavy atom. The first kappa shape index (κ1) is 21.2. The average molecular weight is 444 g/mol. The van der Waals surface area contributed by atoms with Gasteiger partial charge in [-0.25, -0.2) is 4.98 Å². The highest BCUT2D eigenvalue weighted by Gasteiger charge is 2.28. The molecule has 0 aliphatic carbocycles. The SMILES string of the molecule is CCN1CCc2c(c(-c3cc([N+](=O)[O-])c(OC)cc3OC)nc3ccc4ccccc4c23)C1. The van der Waals surface area contributed by atoms with Crippen LogP contribution in [0.3, 0.4) is 0 Å². The molecule has 0 saturated carbocycles. The number of rotatable bonds is 5. The van der Waals surface area contributed by atoms with Crippen molar-refractivity contribution in [3.63, 3.8) is 0 Å². The second-order valence-corrected chi connectivity index (χ2v) is 8.20. The van der Waals surface area contributed by atoms with Crippen LogP contribution < -0.4 is 9.47 Å². The summed E-state index contributed by atoms with van der Waals surface area (Å²) >= 11 is 0. The van der Waals surface area contributed by atoms with Gasteiger partial charge < -0.3 is 9.47 Å². The van der Waals surface area contributed by atoms with Crippen LogP contribution in [0.5, 0.6) is 11.5 Å². The van der Waals surface area contributed by atoms with E-state index >= 15 is 0 Å². The van der Waals surface area contributed by atoms with Crippen LogP contribution >= 0.6 is 0 Å². The fraction of sp³-hybridized carbons (Fsp3) is 0.269. The van der Waals surface area contributed by atoms with E-state index < -0.39 is 4.92 Å². The predicted octanol–water partition coefficient (Wildman–Crippen LogP) is 5.36. The lowest BCUT2D eigenvalue weighted by atomic mass is 9.89. The Bertz CT molecular complexity index is 1400. The molecule has 0 saturated heterocycles. The Labute approximate surface area is 191 Å². The van der Waals surface area contributed by atoms with Gasteiger partial charge in [-0.15, -0.1) is 0 Å². The van der Waals surface area contributed by atoms with Gasteiger partial charge in [-0.05, 0) is 40.9 Å². The number of nitro benzene ring substituents is 1. The molecule has 0 amide bonds. The first-order valence-electron chi connectivity index (χ1n) is 11.0. The molecule has 1 aromatic heterocycles. The number of aromatic nitrogens is 1. The topological polar surface area (TPSA) is 77.7 Å². The summed E-state index contributed by atoms with van der Waals surface area (Å²) in [4.78, 5) is 18.8. The number of methoxy groups -OCH3 is 2. The van der Waals surface area contributed by atoms with Crippen LogP contribution in [0.4, 0.5) is 5.69 Å². The van der Waals surface area contributed by atoms with Crippen LogP contribution in [0.1, 0.15) is 18.1 Å². The maximum Gasteiger partial charge on any atom is 0.311 e. The molecule has 5 rings (SSSR count). The molecule has 4 aromatic rings. The Morgan fingerprint density at radius 3 is 2.58 bits per heavy atom. The molecule has 0 N–H and O–H groups in total. The van der Waals surface area contributed by atoms with Gasteiger partial charge in [0.05, 0.1) is 30.4 Å². The van der Waals surface area contributed by atoms with Crippen molar-refractivity contribution in [2.45, 2.75) is 19.9 Å². The van der Waals surface area contributed by atoms with Crippen molar-refractivity contribution in [1.29, 1.82) is 0 Å². The number of nitrogens with zero attached hydrogens (tertiary/aromatic N) is 3. The molecule has 0 fully saturated rings. The molecule has 168 valence electrons. The van der Waals surface area contributed by atoms with E-state index in [0.717, 1.165) is 42.8 Å². The van der Waals surface area contributed by atoms with Crippen molar-refractivity contribution in [2.24, 2.45) is 0 Å². The van der Waals surface area contributed by atoms with Crippen molar-refractivity contribution in [3.8, 4) is 22.8 Å². The van der Waals surface area contributed by atoms with Gasteiger partial charge in [0.2, 0.25) is 5.75 Å². The summed E-state index contributed by atoms with van der Waals surface area (Å²) < 4.78 is 10.9. The van der Waals surface area contributed by atoms with E-state index in [9.17, 15) is 10.1 Å². The number of nitro groups is 1. The molecule has 7 heteroatoms. The summed E-state index contributed by atoms with van der Waals surface area (Å²) in [5, 5.41) is 15.3. The predicted molar refractivity (Wildman–Crippen MR) is 129 cm³/mol. The van der Waals surface area contributed by atoms with Gasteiger partial charge in [-0.2, -0.15) is 0 Å². The normalized spacial score (nSPS) is 13.8. The number of benzene rings is 3. The summed E-state index contributed by atoms with van der Waals surface area (Å²) in [5.41, 5.74) is 4.48. The quantitative estimate of drug-likeness (QED) is 0.235. The lowest BCUT2D eigenvalue weighted by Gasteiger charge is -2.30. The van der Waals surface area contributed by atoms with E-state index in [-0.39, 0.29) is 11.4 Å². The van der Waals surface area contributed by atoms with Crippen LogP contribution in [0.2, 0.25) is 0 Å². The molecular weight excluding hydrogens is 418 g/mol. The highest BCUT2D eigenvalue weighted by Crippen LogP contribution is 2.43. The second kappa shape index (κ2) is 8.33. The monoisotopic (exact) mass is 443 g/mol. The third-order valence-corrected chi connectivity index (χ3v) is 6.55. The average Bonchev–Trinajstić information content (AvgIpc) is 2.86. The molecule has 1 aliphatic rings. The fourth-order valence-electron chi connectivity index (χ4n) is 4.87. The summed E-state index contributed by atoms with van der Waals surface area (Å²) in [6, 6.07) is 15.6. The number of hydrogen-bond donors (Lipinski definition) is 0. The number of pyridine rings is 1. The van der Waals surface area contributed by atoms with Gasteiger partial charge in [0.1, 0.15) is 5.75 Å². The Hall–Kier alpha value is -3.71. The molecule has 2 heterocycles. The van der Waals surface area contributed by atoms with Crippen molar-refractivity contribution in [2.75, 3.05) is 27.3 Å². The minimum absolute atomic E-state index is 0.106. The molecule has 7 nitrogen and oxygen atoms in total. The Kier molecular flexibility index (Phi) is 5.34. The highest BCUT2D eigenvalue weighted by atomic mass is 16.6. The summed E-state index contributed by atoms with van der Waals surface area (Å²) in [7, 11) is 2.98. The van der Waals surface area contributed by atoms with Crippen LogP contribution in [0, 0.1) is 10.1 Å². The van der Waals surface area contributed by atoms with Crippen molar-refractivity contribution < 1.29 is 14.4 Å². The number of ether oxygens (including phenoxy) is 2. The Morgan fingerprint density at radius 1 is 1.06 bits per heavy atom. The lowest BCUT2D eigenvalue weighted by molar-refractivity contribution is -0.385. The van der Waals surface area contributed by atoms with Gasteiger partial charge in [0, 0.05) is 36.2 Å². The maximum atomic E-state index is 11.8. The molecule has 1 aliphatic heterocycles. The van der Waals surface area contributed by atoms with Crippen molar-refractivity contribution in [3.05, 3.63) is 69.8 Å². The molecule has 0 atom stereocenters. The zero-order chi connectivity index (χ0) is 23.1. The van der Waals surface area contributed by atoms with Crippen LogP contribution in [0.15, 0.2) is 48.5 Å². The van der Waals surface area contributed by atoms with Crippen molar-refractivity contribution in [1.82, 2.24) is 9.88 Å². The minimum atomic E-state index is -0.429. The fourth-order valence-corrected chi connectivity index (χ4v) is 4.87. The first-order chi connectivity index (χ1) is 16.0. The first-order valence-corrected chi connectivity index (χ1v) is 11.0. The molecule has 0 radical (unpaired) electrons. The van der Waals surface area contributed by atoms with Gasteiger partial charge in [-0.1, -0.05) is 37.3 Å². The van der Waals surface area contributed by atoms with E-state index in [2.05, 4.69) is 36.1 Å². The zero-order valence-electron chi connectivity index (χ0n) is 18.9. The summed E-state index contributed by atoms with van der Waals surface area (Å²) in [5.74, 6) is 0.664. The molecule has 3 aromatic carbocycles. The zero-order valence-corrected chi connectivity index (χ0v) is 18.9. The second-order valence-electron chi connectivity index (χ2n) is 8.20. The van der Waals surface area contributed by atoms with E-state index in [1.54, 1.807) is 13.2 Å². The van der Waals surface area contributed by atoms with Gasteiger partial charge in [-0.3, -0.25) is 15.0 Å². The van der Waals surface area contributed by atoms with Crippen molar-refractivity contribution >= 4 is 27.4 Å². The smallest absolute Gasteiger partial charge is 0.311 e. The third-order valence-electron chi connectivity index (χ3n) is 6.55. The number of likely N-dealkylation sites (N-methyl/N-ethyl adjacent to an activating group) is 1. The molecule has 0 bridgehead atoms. The van der Waals surface area contributed by atoms with Gasteiger partial charge in [0.25, 0.3) is 0 Å². The number of hydrogen-bond acceptors (Lipinski definition) is 6. The van der Waals surface area contributed by atoms with Crippen LogP contribution in [-0.4, -0.2) is 42.1 Å². The molecule has 33 heavy (non-hydrogen) atoms. The third kappa shape index (κ3) is 3.45. The molecule has 0 spiro atoms. The molecule has 0 unspecified atom stereocenters. The minimum Gasteiger partial charge on any atom is -0.496 e. The van der Waals surface area contributed by atoms with E-state index in [0.29, 0.717) is 11.3 Å². The lowest BCUT2D eigenvalue weighted by Crippen LogP contribution is -2.31. The maximum absolute atomic E-state index is 11.8. The molecular formula is C26H25N3O4. The largest absolute Gasteiger partial charge is 0.496 e. The van der Waals surface area contributed by atoms with Gasteiger partial charge in [0.15, 0.2) is 0 Å². The standard InChI is InChI=1S/C26H25N3O4/c1-4-28-12-11-18-20(15-28)26(19-13-22(29(30)31)24(33-3)14-23(19)32-2)27-21-10-9-16-7-5-6-8-17(16)25(18)21/h5-10,13-14H,4,11-12,15H2,1-3H3.